The van der Waals surface area contributed by atoms with Gasteiger partial charge in [0.2, 0.25) is 0 Å². The van der Waals surface area contributed by atoms with Gasteiger partial charge in [-0.05, 0) is 41.5 Å². The Bertz CT molecular complexity index is 446. The number of hydrogen-bond acceptors (Lipinski definition) is 2. The van der Waals surface area contributed by atoms with Gasteiger partial charge in [-0.25, -0.2) is 0 Å². The Morgan fingerprint density at radius 3 is 1.44 bits per heavy atom. The number of rotatable bonds is 11. The highest BCUT2D eigenvalue weighted by molar-refractivity contribution is 7.78. The summed E-state index contributed by atoms with van der Waals surface area (Å²) in [6.07, 6.45) is 12.7. The minimum atomic E-state index is -0.985. The van der Waals surface area contributed by atoms with Crippen LogP contribution >= 0.6 is 21.9 Å². The zero-order valence-electron chi connectivity index (χ0n) is 20.5. The van der Waals surface area contributed by atoms with E-state index in [1.54, 1.807) is 0 Å². The van der Waals surface area contributed by atoms with Gasteiger partial charge in [0.25, 0.3) is 0 Å². The molecule has 0 radical (unpaired) electrons. The summed E-state index contributed by atoms with van der Waals surface area (Å²) >= 11 is 0. The van der Waals surface area contributed by atoms with Crippen molar-refractivity contribution in [2.75, 3.05) is 55.5 Å². The summed E-state index contributed by atoms with van der Waals surface area (Å²) in [5.41, 5.74) is 0. The summed E-state index contributed by atoms with van der Waals surface area (Å²) in [4.78, 5) is 0. The van der Waals surface area contributed by atoms with Crippen LogP contribution in [0.25, 0.3) is 0 Å². The highest BCUT2D eigenvalue weighted by atomic mass is 31.2. The number of hydrogen-bond donors (Lipinski definition) is 0. The molecule has 1 aliphatic heterocycles. The molecule has 0 atom stereocenters. The van der Waals surface area contributed by atoms with Crippen molar-refractivity contribution in [3.8, 4) is 0 Å². The lowest BCUT2D eigenvalue weighted by molar-refractivity contribution is -0.200. The third kappa shape index (κ3) is 5.10. The van der Waals surface area contributed by atoms with Crippen molar-refractivity contribution in [2.24, 2.45) is 0 Å². The summed E-state index contributed by atoms with van der Waals surface area (Å²) < 4.78 is 9.33. The lowest BCUT2D eigenvalue weighted by Gasteiger charge is -2.49. The highest BCUT2D eigenvalue weighted by Gasteiger charge is 2.51. The third-order valence-electron chi connectivity index (χ3n) is 8.54. The van der Waals surface area contributed by atoms with Gasteiger partial charge in [0.05, 0.1) is 44.4 Å². The second kappa shape index (κ2) is 11.6. The van der Waals surface area contributed by atoms with Gasteiger partial charge in [-0.2, -0.15) is 4.49 Å². The minimum absolute atomic E-state index is 0.153. The molecule has 1 rings (SSSR count). The van der Waals surface area contributed by atoms with Crippen molar-refractivity contribution in [3.63, 3.8) is 0 Å². The van der Waals surface area contributed by atoms with Crippen LogP contribution in [0.3, 0.4) is 0 Å². The van der Waals surface area contributed by atoms with Crippen molar-refractivity contribution in [3.05, 3.63) is 0 Å². The number of nitrogens with zero attached hydrogens (tertiary/aromatic N) is 3. The second-order valence-corrected chi connectivity index (χ2v) is 22.6. The predicted molar refractivity (Wildman–Crippen MR) is 142 cm³/mol. The Morgan fingerprint density at radius 1 is 0.704 bits per heavy atom. The standard InChI is InChI=1S/C18H49B3N3P3/c1-10-25(11-2,12-3)22-19-23(26(13-4,14-5)15-6)21-24(20-22)27(16-7,17-8)18-9/h19-20H,10-18,21H2,1-9H3/q+2. The van der Waals surface area contributed by atoms with E-state index >= 15 is 0 Å². The van der Waals surface area contributed by atoms with E-state index in [4.69, 9.17) is 0 Å². The van der Waals surface area contributed by atoms with Crippen LogP contribution < -0.4 is 0 Å². The van der Waals surface area contributed by atoms with Gasteiger partial charge < -0.3 is 8.64 Å². The molecule has 3 nitrogen and oxygen atoms in total. The van der Waals surface area contributed by atoms with Crippen LogP contribution in [-0.2, 0) is 0 Å². The Kier molecular flexibility index (Phi) is 11.2. The lowest BCUT2D eigenvalue weighted by Crippen LogP contribution is -2.58. The Morgan fingerprint density at radius 2 is 1.11 bits per heavy atom. The highest BCUT2D eigenvalue weighted by Crippen LogP contribution is 2.65. The molecule has 0 saturated carbocycles. The van der Waals surface area contributed by atoms with E-state index in [9.17, 15) is 0 Å². The van der Waals surface area contributed by atoms with Gasteiger partial charge in [0.1, 0.15) is 0 Å². The van der Waals surface area contributed by atoms with Crippen molar-refractivity contribution >= 4 is 44.5 Å². The zero-order chi connectivity index (χ0) is 20.7. The molecule has 0 unspecified atom stereocenters. The molecule has 1 aliphatic rings. The molecule has 0 aromatic rings. The maximum atomic E-state index is 3.14. The largest absolute Gasteiger partial charge is 0.549 e. The van der Waals surface area contributed by atoms with Gasteiger partial charge in [-0.3, -0.25) is 0 Å². The second-order valence-electron chi connectivity index (χ2n) is 8.44. The molecule has 1 heterocycles. The fourth-order valence-electron chi connectivity index (χ4n) is 5.89. The quantitative estimate of drug-likeness (QED) is 0.354. The van der Waals surface area contributed by atoms with Crippen LogP contribution in [0, 0.1) is 0 Å². The summed E-state index contributed by atoms with van der Waals surface area (Å²) in [5.74, 6) is 0. The van der Waals surface area contributed by atoms with Crippen LogP contribution in [0.15, 0.2) is 0 Å². The molecule has 0 aromatic heterocycles. The maximum Gasteiger partial charge on any atom is 0.525 e. The SMILES string of the molecule is CCP(CC)(CC)=[N+]1BN([P+](CC)(CC)CC)BN([P+](CC)(CC)CC)[BH2-]1. The Labute approximate surface area is 175 Å². The molecule has 158 valence electrons. The molecule has 0 bridgehead atoms. The minimum Gasteiger partial charge on any atom is -0.549 e. The molecular weight excluding hydrogens is 384 g/mol. The molecule has 27 heavy (non-hydrogen) atoms. The molecule has 0 aliphatic carbocycles. The molecule has 9 heteroatoms. The van der Waals surface area contributed by atoms with Crippen molar-refractivity contribution in [2.45, 2.75) is 62.3 Å². The van der Waals surface area contributed by atoms with E-state index < -0.39 is 21.9 Å². The first-order valence-electron chi connectivity index (χ1n) is 12.0. The van der Waals surface area contributed by atoms with Crippen LogP contribution in [0.4, 0.5) is 0 Å². The summed E-state index contributed by atoms with van der Waals surface area (Å²) in [6, 6.07) is 0. The average molecular weight is 433 g/mol. The molecule has 1 saturated heterocycles. The molecule has 0 N–H and O–H groups in total. The van der Waals surface area contributed by atoms with Crippen LogP contribution in [0.2, 0.25) is 0 Å². The van der Waals surface area contributed by atoms with E-state index in [-0.39, 0.29) is 7.55 Å². The normalized spacial score (nSPS) is 17.7. The van der Waals surface area contributed by atoms with Gasteiger partial charge in [-0.1, -0.05) is 20.8 Å². The van der Waals surface area contributed by atoms with Gasteiger partial charge in [0, 0.05) is 33.0 Å². The summed E-state index contributed by atoms with van der Waals surface area (Å²) in [6.45, 7) is 22.3. The van der Waals surface area contributed by atoms with Crippen LogP contribution in [0.5, 0.6) is 0 Å². The summed E-state index contributed by atoms with van der Waals surface area (Å²) in [5, 5.41) is 0. The van der Waals surface area contributed by atoms with E-state index in [2.05, 4.69) is 75.4 Å². The van der Waals surface area contributed by atoms with E-state index in [1.807, 2.05) is 0 Å². The molecule has 1 fully saturated rings. The van der Waals surface area contributed by atoms with Gasteiger partial charge in [0.15, 0.2) is 0 Å². The van der Waals surface area contributed by atoms with Crippen molar-refractivity contribution < 1.29 is 4.15 Å². The van der Waals surface area contributed by atoms with Crippen molar-refractivity contribution in [1.29, 1.82) is 0 Å². The van der Waals surface area contributed by atoms with E-state index in [1.165, 1.54) is 70.6 Å². The fourth-order valence-corrected chi connectivity index (χ4v) is 17.3. The Hall–Kier alpha value is 1.20. The lowest BCUT2D eigenvalue weighted by atomic mass is 9.84. The maximum absolute atomic E-state index is 3.14. The third-order valence-corrected chi connectivity index (χ3v) is 24.1. The van der Waals surface area contributed by atoms with E-state index in [0.29, 0.717) is 0 Å². The molecule has 0 amide bonds. The first-order valence-corrected chi connectivity index (χ1v) is 18.9. The monoisotopic (exact) mass is 433 g/mol. The average Bonchev–Trinajstić information content (AvgIpc) is 2.73. The molecular formula is C18H49B3N3P3+2. The zero-order valence-corrected chi connectivity index (χ0v) is 23.1. The molecule has 0 spiro atoms. The van der Waals surface area contributed by atoms with Gasteiger partial charge in [-0.15, -0.1) is 0 Å². The predicted octanol–water partition coefficient (Wildman–Crippen LogP) is 4.39. The van der Waals surface area contributed by atoms with Crippen molar-refractivity contribution in [1.82, 2.24) is 8.98 Å². The van der Waals surface area contributed by atoms with Crippen LogP contribution in [-0.4, -0.2) is 91.2 Å². The molecule has 0 aromatic carbocycles. The topological polar surface area (TPSA) is 9.49 Å². The Balaban J connectivity index is 3.55. The first kappa shape index (κ1) is 26.2. The fraction of sp³-hybridized carbons (Fsp3) is 1.00. The van der Waals surface area contributed by atoms with Crippen LogP contribution in [0.1, 0.15) is 62.3 Å². The van der Waals surface area contributed by atoms with E-state index in [0.717, 1.165) is 0 Å². The van der Waals surface area contributed by atoms with Gasteiger partial charge >= 0.3 is 22.6 Å². The smallest absolute Gasteiger partial charge is 0.525 e. The first-order chi connectivity index (χ1) is 12.9. The summed E-state index contributed by atoms with van der Waals surface area (Å²) in [7, 11) is -0.427.